The molecule has 2 aromatic carbocycles. The van der Waals surface area contributed by atoms with Crippen molar-refractivity contribution in [1.29, 1.82) is 0 Å². The molecule has 4 rings (SSSR count). The number of hydrazone groups is 1. The zero-order valence-electron chi connectivity index (χ0n) is 16.9. The lowest BCUT2D eigenvalue weighted by molar-refractivity contribution is 0.248. The third-order valence-corrected chi connectivity index (χ3v) is 5.64. The van der Waals surface area contributed by atoms with E-state index in [4.69, 9.17) is 45.3 Å². The van der Waals surface area contributed by atoms with E-state index in [1.54, 1.807) is 18.2 Å². The molecule has 0 saturated carbocycles. The Hall–Kier alpha value is -3.53. The third kappa shape index (κ3) is 4.51. The number of aryl methyl sites for hydroxylation is 1. The number of rotatable bonds is 4. The first-order valence-corrected chi connectivity index (χ1v) is 10.4. The minimum absolute atomic E-state index is 0.0320. The van der Waals surface area contributed by atoms with Crippen molar-refractivity contribution >= 4 is 52.4 Å². The average Bonchev–Trinajstić information content (AvgIpc) is 2.76. The van der Waals surface area contributed by atoms with Crippen molar-refractivity contribution in [3.8, 4) is 22.8 Å². The molecule has 3 aromatic rings. The van der Waals surface area contributed by atoms with Crippen molar-refractivity contribution in [3.63, 3.8) is 0 Å². The van der Waals surface area contributed by atoms with E-state index < -0.39 is 11.6 Å². The standard InChI is InChI=1S/C21H15Cl3N6O3/c1-9-5-11(3-4-14(9)22)13-8-17(27-28-20(13)31)33-18-15(23)6-12(7-16(18)24)30-21(32)26-10(2)19(25)29-30/h3-8H,2H2,1H3,(H2,25,29)(H,26,32)(H,28,31). The minimum atomic E-state index is -0.583. The number of nitrogens with one attached hydrogen (secondary N) is 2. The molecule has 2 amide bonds. The molecule has 0 unspecified atom stereocenters. The number of anilines is 1. The van der Waals surface area contributed by atoms with Crippen LogP contribution in [-0.4, -0.2) is 22.1 Å². The molecule has 0 radical (unpaired) electrons. The number of amides is 2. The van der Waals surface area contributed by atoms with E-state index in [9.17, 15) is 9.59 Å². The highest BCUT2D eigenvalue weighted by Gasteiger charge is 2.25. The first kappa shape index (κ1) is 22.7. The molecule has 0 saturated heterocycles. The number of nitrogens with two attached hydrogens (primary N) is 1. The maximum absolute atomic E-state index is 12.3. The molecule has 0 fully saturated rings. The highest BCUT2D eigenvalue weighted by Crippen LogP contribution is 2.40. The van der Waals surface area contributed by atoms with E-state index in [0.717, 1.165) is 10.6 Å². The summed E-state index contributed by atoms with van der Waals surface area (Å²) in [6.07, 6.45) is 0. The van der Waals surface area contributed by atoms with Crippen LogP contribution in [0.15, 0.2) is 58.6 Å². The number of hydrogen-bond acceptors (Lipinski definition) is 6. The number of halogens is 3. The van der Waals surface area contributed by atoms with Gasteiger partial charge in [-0.1, -0.05) is 47.4 Å². The molecule has 168 valence electrons. The summed E-state index contributed by atoms with van der Waals surface area (Å²) in [6.45, 7) is 5.42. The van der Waals surface area contributed by atoms with E-state index in [-0.39, 0.29) is 38.9 Å². The van der Waals surface area contributed by atoms with Crippen LogP contribution in [0.1, 0.15) is 5.56 Å². The Balaban J connectivity index is 1.68. The zero-order valence-corrected chi connectivity index (χ0v) is 19.2. The van der Waals surface area contributed by atoms with Gasteiger partial charge in [-0.2, -0.15) is 5.01 Å². The quantitative estimate of drug-likeness (QED) is 0.469. The van der Waals surface area contributed by atoms with E-state index in [1.165, 1.54) is 18.2 Å². The van der Waals surface area contributed by atoms with Crippen molar-refractivity contribution in [3.05, 3.63) is 79.7 Å². The van der Waals surface area contributed by atoms with E-state index in [1.807, 2.05) is 6.92 Å². The Labute approximate surface area is 202 Å². The van der Waals surface area contributed by atoms with Crippen LogP contribution in [0.4, 0.5) is 10.5 Å². The second kappa shape index (κ2) is 8.78. The maximum Gasteiger partial charge on any atom is 0.347 e. The van der Waals surface area contributed by atoms with Gasteiger partial charge >= 0.3 is 6.03 Å². The van der Waals surface area contributed by atoms with Crippen LogP contribution >= 0.6 is 34.8 Å². The zero-order chi connectivity index (χ0) is 23.9. The van der Waals surface area contributed by atoms with Gasteiger partial charge in [-0.05, 0) is 42.3 Å². The highest BCUT2D eigenvalue weighted by atomic mass is 35.5. The van der Waals surface area contributed by atoms with Crippen LogP contribution in [0.5, 0.6) is 11.6 Å². The fourth-order valence-electron chi connectivity index (χ4n) is 2.97. The molecule has 0 spiro atoms. The predicted octanol–water partition coefficient (Wildman–Crippen LogP) is 4.81. The van der Waals surface area contributed by atoms with Crippen LogP contribution in [0, 0.1) is 6.92 Å². The summed E-state index contributed by atoms with van der Waals surface area (Å²) in [4.78, 5) is 24.5. The number of amidine groups is 1. The molecule has 2 heterocycles. The molecule has 4 N–H and O–H groups in total. The number of ether oxygens (including phenoxy) is 1. The van der Waals surface area contributed by atoms with Crippen LogP contribution in [-0.2, 0) is 0 Å². The smallest absolute Gasteiger partial charge is 0.347 e. The van der Waals surface area contributed by atoms with Gasteiger partial charge in [-0.25, -0.2) is 9.89 Å². The molecule has 9 nitrogen and oxygen atoms in total. The Kier molecular flexibility index (Phi) is 6.03. The number of carbonyl (C=O) groups excluding carboxylic acids is 1. The van der Waals surface area contributed by atoms with E-state index in [2.05, 4.69) is 27.2 Å². The lowest BCUT2D eigenvalue weighted by Crippen LogP contribution is -2.45. The summed E-state index contributed by atoms with van der Waals surface area (Å²) >= 11 is 18.8. The lowest BCUT2D eigenvalue weighted by atomic mass is 10.1. The molecule has 0 bridgehead atoms. The molecule has 1 aromatic heterocycles. The van der Waals surface area contributed by atoms with Gasteiger partial charge in [0.1, 0.15) is 0 Å². The highest BCUT2D eigenvalue weighted by molar-refractivity contribution is 6.37. The summed E-state index contributed by atoms with van der Waals surface area (Å²) in [5.41, 5.74) is 7.50. The monoisotopic (exact) mass is 504 g/mol. The fourth-order valence-corrected chi connectivity index (χ4v) is 3.64. The molecular formula is C21H15Cl3N6O3. The lowest BCUT2D eigenvalue weighted by Gasteiger charge is -2.24. The van der Waals surface area contributed by atoms with E-state index in [0.29, 0.717) is 16.1 Å². The Morgan fingerprint density at radius 3 is 2.42 bits per heavy atom. The number of benzene rings is 2. The average molecular weight is 506 g/mol. The largest absolute Gasteiger partial charge is 0.434 e. The van der Waals surface area contributed by atoms with Gasteiger partial charge in [-0.15, -0.1) is 10.2 Å². The number of aromatic nitrogens is 2. The van der Waals surface area contributed by atoms with Crippen molar-refractivity contribution in [1.82, 2.24) is 15.5 Å². The first-order chi connectivity index (χ1) is 15.6. The number of aromatic amines is 1. The number of hydrogen-bond donors (Lipinski definition) is 3. The molecule has 1 aliphatic heterocycles. The second-order valence-corrected chi connectivity index (χ2v) is 8.18. The minimum Gasteiger partial charge on any atom is -0.434 e. The van der Waals surface area contributed by atoms with Gasteiger partial charge in [0.15, 0.2) is 11.6 Å². The van der Waals surface area contributed by atoms with Gasteiger partial charge in [0.2, 0.25) is 5.88 Å². The summed E-state index contributed by atoms with van der Waals surface area (Å²) in [5, 5.41) is 14.4. The van der Waals surface area contributed by atoms with Gasteiger partial charge < -0.3 is 15.8 Å². The number of urea groups is 1. The van der Waals surface area contributed by atoms with Crippen molar-refractivity contribution in [2.24, 2.45) is 10.8 Å². The van der Waals surface area contributed by atoms with Crippen LogP contribution in [0.2, 0.25) is 15.1 Å². The normalized spacial score (nSPS) is 13.6. The molecular weight excluding hydrogens is 491 g/mol. The SMILES string of the molecule is C=C1NC(=O)N(c2cc(Cl)c(Oc3cc(-c4ccc(Cl)c(C)c4)c(=O)[nH]n3)c(Cl)c2)N=C1N. The molecule has 0 aliphatic carbocycles. The van der Waals surface area contributed by atoms with Gasteiger partial charge in [0, 0.05) is 11.1 Å². The number of nitrogens with zero attached hydrogens (tertiary/aromatic N) is 3. The molecule has 1 aliphatic rings. The van der Waals surface area contributed by atoms with Crippen LogP contribution < -0.4 is 26.4 Å². The third-order valence-electron chi connectivity index (χ3n) is 4.65. The topological polar surface area (TPSA) is 126 Å². The van der Waals surface area contributed by atoms with Crippen LogP contribution in [0.25, 0.3) is 11.1 Å². The number of H-pyrrole nitrogens is 1. The van der Waals surface area contributed by atoms with Gasteiger partial charge in [0.05, 0.1) is 27.0 Å². The Morgan fingerprint density at radius 2 is 1.76 bits per heavy atom. The number of carbonyl (C=O) groups is 1. The van der Waals surface area contributed by atoms with Gasteiger partial charge in [-0.3, -0.25) is 4.79 Å². The summed E-state index contributed by atoms with van der Waals surface area (Å²) in [5.74, 6) is 0.145. The molecule has 0 atom stereocenters. The van der Waals surface area contributed by atoms with Gasteiger partial charge in [0.25, 0.3) is 5.56 Å². The van der Waals surface area contributed by atoms with Crippen molar-refractivity contribution < 1.29 is 9.53 Å². The summed E-state index contributed by atoms with van der Waals surface area (Å²) in [7, 11) is 0. The van der Waals surface area contributed by atoms with Crippen molar-refractivity contribution in [2.45, 2.75) is 6.92 Å². The fraction of sp³-hybridized carbons (Fsp3) is 0.0476. The second-order valence-electron chi connectivity index (χ2n) is 6.96. The molecule has 12 heteroatoms. The predicted molar refractivity (Wildman–Crippen MR) is 128 cm³/mol. The molecule has 33 heavy (non-hydrogen) atoms. The van der Waals surface area contributed by atoms with E-state index >= 15 is 0 Å². The van der Waals surface area contributed by atoms with Crippen LogP contribution in [0.3, 0.4) is 0 Å². The Bertz CT molecular complexity index is 1380. The summed E-state index contributed by atoms with van der Waals surface area (Å²) in [6, 6.07) is 8.89. The Morgan fingerprint density at radius 1 is 1.06 bits per heavy atom. The summed E-state index contributed by atoms with van der Waals surface area (Å²) < 4.78 is 5.75. The van der Waals surface area contributed by atoms with Crippen molar-refractivity contribution in [2.75, 3.05) is 5.01 Å². The first-order valence-electron chi connectivity index (χ1n) is 9.31. The maximum atomic E-state index is 12.3.